The summed E-state index contributed by atoms with van der Waals surface area (Å²) >= 11 is 0. The lowest BCUT2D eigenvalue weighted by Crippen LogP contribution is -2.55. The zero-order valence-corrected chi connectivity index (χ0v) is 16.4. The van der Waals surface area contributed by atoms with Gasteiger partial charge in [-0.05, 0) is 62.9 Å². The number of benzene rings is 1. The fourth-order valence-corrected chi connectivity index (χ4v) is 4.91. The minimum absolute atomic E-state index is 0.189. The number of rotatable bonds is 5. The van der Waals surface area contributed by atoms with Crippen LogP contribution in [0.5, 0.6) is 0 Å². The van der Waals surface area contributed by atoms with Gasteiger partial charge < -0.3 is 14.1 Å². The van der Waals surface area contributed by atoms with Crippen LogP contribution in [0.3, 0.4) is 0 Å². The molecule has 2 aromatic rings. The number of likely N-dealkylation sites (N-methyl/N-ethyl adjacent to an activating group) is 1. The van der Waals surface area contributed by atoms with E-state index in [9.17, 15) is 4.79 Å². The van der Waals surface area contributed by atoms with Crippen molar-refractivity contribution in [2.45, 2.75) is 56.7 Å². The van der Waals surface area contributed by atoms with E-state index in [1.807, 2.05) is 43.3 Å². The lowest BCUT2D eigenvalue weighted by Gasteiger charge is -2.44. The van der Waals surface area contributed by atoms with Crippen LogP contribution in [0.1, 0.15) is 37.7 Å². The van der Waals surface area contributed by atoms with Crippen LogP contribution in [-0.2, 0) is 16.0 Å². The highest BCUT2D eigenvalue weighted by Gasteiger charge is 2.38. The van der Waals surface area contributed by atoms with Crippen molar-refractivity contribution >= 4 is 16.9 Å². The molecule has 0 spiro atoms. The molecule has 146 valence electrons. The number of amides is 1. The molecule has 5 heteroatoms. The Bertz CT molecular complexity index is 781. The Balaban J connectivity index is 1.50. The molecule has 3 atom stereocenters. The molecule has 0 radical (unpaired) electrons. The second kappa shape index (κ2) is 8.03. The molecule has 1 amide bonds. The van der Waals surface area contributed by atoms with Gasteiger partial charge in [0.2, 0.25) is 5.91 Å². The number of hydrogen-bond donors (Lipinski definition) is 0. The summed E-state index contributed by atoms with van der Waals surface area (Å²) in [4.78, 5) is 17.7. The number of fused-ring (bicyclic) bond motifs is 1. The van der Waals surface area contributed by atoms with E-state index in [0.717, 1.165) is 48.9 Å². The van der Waals surface area contributed by atoms with Gasteiger partial charge in [0, 0.05) is 31.6 Å². The highest BCUT2D eigenvalue weighted by Crippen LogP contribution is 2.31. The molecule has 2 fully saturated rings. The van der Waals surface area contributed by atoms with Gasteiger partial charge >= 0.3 is 0 Å². The molecular weight excluding hydrogens is 340 g/mol. The molecule has 1 saturated heterocycles. The summed E-state index contributed by atoms with van der Waals surface area (Å²) in [6, 6.07) is 8.57. The van der Waals surface area contributed by atoms with E-state index >= 15 is 0 Å². The Morgan fingerprint density at radius 1 is 1.26 bits per heavy atom. The third-order valence-electron chi connectivity index (χ3n) is 6.49. The van der Waals surface area contributed by atoms with Gasteiger partial charge in [-0.3, -0.25) is 9.69 Å². The standard InChI is InChI=1S/C22H30N2O3/c1-23(22(25)14-16-6-5-7-21-18(16)10-13-27-21)19-9-8-17(26-2)15-20(19)24-11-3-4-12-24/h5-7,10,13,17,19-20H,3-4,8-9,11-12,14-15H2,1-2H3/t17-,19-,20+/m0/s1. The van der Waals surface area contributed by atoms with E-state index in [-0.39, 0.29) is 11.9 Å². The van der Waals surface area contributed by atoms with Crippen molar-refractivity contribution in [2.24, 2.45) is 0 Å². The van der Waals surface area contributed by atoms with E-state index in [4.69, 9.17) is 9.15 Å². The predicted molar refractivity (Wildman–Crippen MR) is 106 cm³/mol. The molecule has 1 aromatic heterocycles. The number of carbonyl (C=O) groups is 1. The zero-order chi connectivity index (χ0) is 18.8. The molecule has 1 saturated carbocycles. The van der Waals surface area contributed by atoms with E-state index in [2.05, 4.69) is 4.90 Å². The Morgan fingerprint density at radius 3 is 2.85 bits per heavy atom. The van der Waals surface area contributed by atoms with Crippen molar-refractivity contribution in [2.75, 3.05) is 27.2 Å². The molecule has 1 aliphatic heterocycles. The normalized spacial score (nSPS) is 26.5. The Hall–Kier alpha value is -1.85. The maximum Gasteiger partial charge on any atom is 0.227 e. The first kappa shape index (κ1) is 18.5. The van der Waals surface area contributed by atoms with E-state index < -0.39 is 0 Å². The molecule has 0 bridgehead atoms. The van der Waals surface area contributed by atoms with E-state index in [0.29, 0.717) is 18.6 Å². The monoisotopic (exact) mass is 370 g/mol. The van der Waals surface area contributed by atoms with Crippen molar-refractivity contribution < 1.29 is 13.9 Å². The van der Waals surface area contributed by atoms with Crippen LogP contribution in [0.2, 0.25) is 0 Å². The quantitative estimate of drug-likeness (QED) is 0.809. The fraction of sp³-hybridized carbons (Fsp3) is 0.591. The minimum atomic E-state index is 0.189. The summed E-state index contributed by atoms with van der Waals surface area (Å²) in [5, 5.41) is 1.04. The van der Waals surface area contributed by atoms with Crippen LogP contribution in [0.4, 0.5) is 0 Å². The van der Waals surface area contributed by atoms with Crippen LogP contribution in [0, 0.1) is 0 Å². The number of nitrogens with zero attached hydrogens (tertiary/aromatic N) is 2. The van der Waals surface area contributed by atoms with Gasteiger partial charge in [0.25, 0.3) is 0 Å². The van der Waals surface area contributed by atoms with E-state index in [1.165, 1.54) is 12.8 Å². The number of methoxy groups -OCH3 is 1. The number of likely N-dealkylation sites (tertiary alicyclic amines) is 1. The first-order chi connectivity index (χ1) is 13.2. The topological polar surface area (TPSA) is 45.9 Å². The zero-order valence-electron chi connectivity index (χ0n) is 16.4. The lowest BCUT2D eigenvalue weighted by molar-refractivity contribution is -0.134. The van der Waals surface area contributed by atoms with Gasteiger partial charge in [-0.1, -0.05) is 12.1 Å². The summed E-state index contributed by atoms with van der Waals surface area (Å²) in [6.45, 7) is 2.29. The maximum atomic E-state index is 13.1. The highest BCUT2D eigenvalue weighted by atomic mass is 16.5. The molecule has 2 heterocycles. The van der Waals surface area contributed by atoms with Crippen molar-refractivity contribution in [1.29, 1.82) is 0 Å². The molecule has 1 aliphatic carbocycles. The summed E-state index contributed by atoms with van der Waals surface area (Å²) in [7, 11) is 3.80. The lowest BCUT2D eigenvalue weighted by atomic mass is 9.86. The third kappa shape index (κ3) is 3.76. The third-order valence-corrected chi connectivity index (χ3v) is 6.49. The number of furan rings is 1. The van der Waals surface area contributed by atoms with Crippen molar-refractivity contribution in [3.05, 3.63) is 36.1 Å². The minimum Gasteiger partial charge on any atom is -0.464 e. The Kier molecular flexibility index (Phi) is 5.50. The van der Waals surface area contributed by atoms with Gasteiger partial charge in [0.15, 0.2) is 0 Å². The van der Waals surface area contributed by atoms with Crippen LogP contribution in [0.25, 0.3) is 11.0 Å². The summed E-state index contributed by atoms with van der Waals surface area (Å²) in [6.07, 6.45) is 8.02. The second-order valence-electron chi connectivity index (χ2n) is 7.98. The SMILES string of the molecule is CO[C@H]1CC[C@H](N(C)C(=O)Cc2cccc3occc23)[C@H](N2CCCC2)C1. The van der Waals surface area contributed by atoms with Gasteiger partial charge in [0.1, 0.15) is 5.58 Å². The molecule has 0 N–H and O–H groups in total. The fourth-order valence-electron chi connectivity index (χ4n) is 4.91. The van der Waals surface area contributed by atoms with Crippen molar-refractivity contribution in [1.82, 2.24) is 9.80 Å². The van der Waals surface area contributed by atoms with Gasteiger partial charge in [-0.15, -0.1) is 0 Å². The van der Waals surface area contributed by atoms with Gasteiger partial charge in [-0.2, -0.15) is 0 Å². The van der Waals surface area contributed by atoms with Crippen molar-refractivity contribution in [3.8, 4) is 0 Å². The van der Waals surface area contributed by atoms with Crippen LogP contribution in [-0.4, -0.2) is 61.1 Å². The largest absolute Gasteiger partial charge is 0.464 e. The maximum absolute atomic E-state index is 13.1. The number of carbonyl (C=O) groups excluding carboxylic acids is 1. The average Bonchev–Trinajstić information content (AvgIpc) is 3.39. The summed E-state index contributed by atoms with van der Waals surface area (Å²) < 4.78 is 11.1. The molecule has 27 heavy (non-hydrogen) atoms. The Labute approximate surface area is 161 Å². The number of ether oxygens (including phenoxy) is 1. The van der Waals surface area contributed by atoms with Crippen LogP contribution in [0.15, 0.2) is 34.9 Å². The van der Waals surface area contributed by atoms with Crippen LogP contribution < -0.4 is 0 Å². The first-order valence-corrected chi connectivity index (χ1v) is 10.1. The molecule has 5 nitrogen and oxygen atoms in total. The van der Waals surface area contributed by atoms with Gasteiger partial charge in [0.05, 0.1) is 18.8 Å². The average molecular weight is 370 g/mol. The Morgan fingerprint density at radius 2 is 2.07 bits per heavy atom. The molecule has 1 aromatic carbocycles. The summed E-state index contributed by atoms with van der Waals surface area (Å²) in [5.41, 5.74) is 1.89. The number of hydrogen-bond acceptors (Lipinski definition) is 4. The molecule has 4 rings (SSSR count). The molecular formula is C22H30N2O3. The highest BCUT2D eigenvalue weighted by molar-refractivity contribution is 5.87. The molecule has 2 aliphatic rings. The smallest absolute Gasteiger partial charge is 0.227 e. The predicted octanol–water partition coefficient (Wildman–Crippen LogP) is 3.47. The van der Waals surface area contributed by atoms with Crippen molar-refractivity contribution in [3.63, 3.8) is 0 Å². The van der Waals surface area contributed by atoms with Gasteiger partial charge in [-0.25, -0.2) is 0 Å². The summed E-state index contributed by atoms with van der Waals surface area (Å²) in [5.74, 6) is 0.189. The first-order valence-electron chi connectivity index (χ1n) is 10.1. The second-order valence-corrected chi connectivity index (χ2v) is 7.98. The van der Waals surface area contributed by atoms with Crippen LogP contribution >= 0.6 is 0 Å². The molecule has 0 unspecified atom stereocenters. The van der Waals surface area contributed by atoms with E-state index in [1.54, 1.807) is 6.26 Å².